The van der Waals surface area contributed by atoms with Gasteiger partial charge in [0.1, 0.15) is 23.4 Å². The number of fused-ring (bicyclic) bond motifs is 1. The first-order chi connectivity index (χ1) is 9.67. The van der Waals surface area contributed by atoms with Crippen LogP contribution in [0.4, 0.5) is 5.82 Å². The molecule has 1 aliphatic heterocycles. The van der Waals surface area contributed by atoms with Crippen molar-refractivity contribution in [3.63, 3.8) is 0 Å². The fourth-order valence-corrected chi connectivity index (χ4v) is 2.53. The lowest BCUT2D eigenvalue weighted by atomic mass is 10.1. The van der Waals surface area contributed by atoms with Crippen molar-refractivity contribution < 1.29 is 9.47 Å². The van der Waals surface area contributed by atoms with E-state index in [1.165, 1.54) is 5.56 Å². The standard InChI is InChI=1S/C15H19N3O2/c1-3-19-13-7-11-6-10(2)20-14(11)8-12(13)9-18-15(16)4-5-17-18/h4-5,7-8,10H,3,6,9,16H2,1-2H3. The molecule has 3 rings (SSSR count). The first-order valence-corrected chi connectivity index (χ1v) is 6.90. The Morgan fingerprint density at radius 2 is 2.35 bits per heavy atom. The molecule has 0 aliphatic carbocycles. The molecule has 1 unspecified atom stereocenters. The molecule has 106 valence electrons. The van der Waals surface area contributed by atoms with E-state index in [2.05, 4.69) is 18.1 Å². The van der Waals surface area contributed by atoms with Gasteiger partial charge >= 0.3 is 0 Å². The Kier molecular flexibility index (Phi) is 3.26. The number of hydrogen-bond acceptors (Lipinski definition) is 4. The maximum Gasteiger partial charge on any atom is 0.124 e. The third-order valence-electron chi connectivity index (χ3n) is 3.45. The molecule has 20 heavy (non-hydrogen) atoms. The normalized spacial score (nSPS) is 16.8. The SMILES string of the molecule is CCOc1cc2c(cc1Cn1nccc1N)OC(C)C2. The number of anilines is 1. The van der Waals surface area contributed by atoms with Crippen LogP contribution >= 0.6 is 0 Å². The average molecular weight is 273 g/mol. The molecule has 0 amide bonds. The number of aromatic nitrogens is 2. The summed E-state index contributed by atoms with van der Waals surface area (Å²) in [5.74, 6) is 2.47. The summed E-state index contributed by atoms with van der Waals surface area (Å²) in [6.45, 7) is 5.28. The summed E-state index contributed by atoms with van der Waals surface area (Å²) in [6.07, 6.45) is 2.85. The third kappa shape index (κ3) is 2.31. The van der Waals surface area contributed by atoms with Crippen molar-refractivity contribution in [3.8, 4) is 11.5 Å². The second-order valence-electron chi connectivity index (χ2n) is 5.05. The van der Waals surface area contributed by atoms with E-state index in [9.17, 15) is 0 Å². The van der Waals surface area contributed by atoms with Crippen LogP contribution in [0.2, 0.25) is 0 Å². The Hall–Kier alpha value is -2.17. The summed E-state index contributed by atoms with van der Waals surface area (Å²) in [5.41, 5.74) is 8.12. The zero-order chi connectivity index (χ0) is 14.1. The highest BCUT2D eigenvalue weighted by molar-refractivity contribution is 5.49. The minimum absolute atomic E-state index is 0.226. The second-order valence-corrected chi connectivity index (χ2v) is 5.05. The lowest BCUT2D eigenvalue weighted by molar-refractivity contribution is 0.254. The molecule has 1 aliphatic rings. The Morgan fingerprint density at radius 1 is 1.50 bits per heavy atom. The van der Waals surface area contributed by atoms with E-state index in [1.807, 2.05) is 13.0 Å². The van der Waals surface area contributed by atoms with Crippen LogP contribution in [0.1, 0.15) is 25.0 Å². The molecule has 5 heteroatoms. The van der Waals surface area contributed by atoms with Crippen molar-refractivity contribution in [1.82, 2.24) is 9.78 Å². The molecule has 0 radical (unpaired) electrons. The van der Waals surface area contributed by atoms with Crippen molar-refractivity contribution in [2.45, 2.75) is 32.9 Å². The smallest absolute Gasteiger partial charge is 0.124 e. The Bertz CT molecular complexity index is 622. The van der Waals surface area contributed by atoms with Crippen molar-refractivity contribution in [2.75, 3.05) is 12.3 Å². The number of benzene rings is 1. The van der Waals surface area contributed by atoms with Crippen LogP contribution in [0.3, 0.4) is 0 Å². The number of hydrogen-bond donors (Lipinski definition) is 1. The molecule has 1 aromatic heterocycles. The summed E-state index contributed by atoms with van der Waals surface area (Å²) in [7, 11) is 0. The molecule has 0 bridgehead atoms. The molecule has 5 nitrogen and oxygen atoms in total. The molecule has 0 saturated heterocycles. The molecular formula is C15H19N3O2. The number of nitrogens with zero attached hydrogens (tertiary/aromatic N) is 2. The lowest BCUT2D eigenvalue weighted by Gasteiger charge is -2.13. The molecule has 0 fully saturated rings. The van der Waals surface area contributed by atoms with Gasteiger partial charge in [-0.05, 0) is 32.0 Å². The summed E-state index contributed by atoms with van der Waals surface area (Å²) < 4.78 is 13.3. The van der Waals surface area contributed by atoms with Crippen molar-refractivity contribution >= 4 is 5.82 Å². The monoisotopic (exact) mass is 273 g/mol. The molecule has 2 N–H and O–H groups in total. The van der Waals surface area contributed by atoms with Gasteiger partial charge in [0, 0.05) is 17.5 Å². The molecule has 2 heterocycles. The Balaban J connectivity index is 1.96. The van der Waals surface area contributed by atoms with E-state index in [-0.39, 0.29) is 6.10 Å². The Morgan fingerprint density at radius 3 is 3.05 bits per heavy atom. The Labute approximate surface area is 118 Å². The molecule has 1 atom stereocenters. The first-order valence-electron chi connectivity index (χ1n) is 6.90. The van der Waals surface area contributed by atoms with Gasteiger partial charge in [-0.25, -0.2) is 4.68 Å². The van der Waals surface area contributed by atoms with Crippen LogP contribution in [0.25, 0.3) is 0 Å². The van der Waals surface area contributed by atoms with Gasteiger partial charge in [-0.2, -0.15) is 5.10 Å². The van der Waals surface area contributed by atoms with Gasteiger partial charge in [0.25, 0.3) is 0 Å². The maximum absolute atomic E-state index is 5.88. The van der Waals surface area contributed by atoms with Gasteiger partial charge in [0.05, 0.1) is 19.3 Å². The fraction of sp³-hybridized carbons (Fsp3) is 0.400. The molecule has 0 saturated carbocycles. The number of ether oxygens (including phenoxy) is 2. The lowest BCUT2D eigenvalue weighted by Crippen LogP contribution is -2.08. The maximum atomic E-state index is 5.88. The summed E-state index contributed by atoms with van der Waals surface area (Å²) in [6, 6.07) is 5.91. The minimum Gasteiger partial charge on any atom is -0.494 e. The summed E-state index contributed by atoms with van der Waals surface area (Å²) >= 11 is 0. The van der Waals surface area contributed by atoms with Crippen LogP contribution in [-0.4, -0.2) is 22.5 Å². The largest absolute Gasteiger partial charge is 0.494 e. The van der Waals surface area contributed by atoms with Gasteiger partial charge in [-0.3, -0.25) is 0 Å². The topological polar surface area (TPSA) is 62.3 Å². The second kappa shape index (κ2) is 5.07. The average Bonchev–Trinajstić information content (AvgIpc) is 2.96. The van der Waals surface area contributed by atoms with Crippen LogP contribution in [-0.2, 0) is 13.0 Å². The van der Waals surface area contributed by atoms with Crippen molar-refractivity contribution in [3.05, 3.63) is 35.5 Å². The van der Waals surface area contributed by atoms with Gasteiger partial charge < -0.3 is 15.2 Å². The van der Waals surface area contributed by atoms with E-state index < -0.39 is 0 Å². The van der Waals surface area contributed by atoms with Crippen LogP contribution in [0.5, 0.6) is 11.5 Å². The zero-order valence-electron chi connectivity index (χ0n) is 11.8. The summed E-state index contributed by atoms with van der Waals surface area (Å²) in [5, 5.41) is 4.22. The van der Waals surface area contributed by atoms with Gasteiger partial charge in [0.2, 0.25) is 0 Å². The first kappa shape index (κ1) is 12.8. The molecule has 2 aromatic rings. The highest BCUT2D eigenvalue weighted by Crippen LogP contribution is 2.35. The van der Waals surface area contributed by atoms with Gasteiger partial charge in [-0.15, -0.1) is 0 Å². The third-order valence-corrected chi connectivity index (χ3v) is 3.45. The number of nitrogens with two attached hydrogens (primary N) is 1. The summed E-state index contributed by atoms with van der Waals surface area (Å²) in [4.78, 5) is 0. The van der Waals surface area contributed by atoms with Crippen LogP contribution in [0, 0.1) is 0 Å². The molecule has 0 spiro atoms. The van der Waals surface area contributed by atoms with E-state index in [0.717, 1.165) is 23.5 Å². The van der Waals surface area contributed by atoms with Crippen LogP contribution in [0.15, 0.2) is 24.4 Å². The van der Waals surface area contributed by atoms with Gasteiger partial charge in [-0.1, -0.05) is 0 Å². The van der Waals surface area contributed by atoms with Crippen molar-refractivity contribution in [1.29, 1.82) is 0 Å². The van der Waals surface area contributed by atoms with Crippen LogP contribution < -0.4 is 15.2 Å². The minimum atomic E-state index is 0.226. The zero-order valence-corrected chi connectivity index (χ0v) is 11.8. The number of rotatable bonds is 4. The van der Waals surface area contributed by atoms with E-state index in [0.29, 0.717) is 19.0 Å². The quantitative estimate of drug-likeness (QED) is 0.928. The fourth-order valence-electron chi connectivity index (χ4n) is 2.53. The van der Waals surface area contributed by atoms with E-state index in [1.54, 1.807) is 16.9 Å². The van der Waals surface area contributed by atoms with E-state index >= 15 is 0 Å². The molecule has 1 aromatic carbocycles. The highest BCUT2D eigenvalue weighted by Gasteiger charge is 2.22. The van der Waals surface area contributed by atoms with E-state index in [4.69, 9.17) is 15.2 Å². The number of nitrogen functional groups attached to an aromatic ring is 1. The predicted octanol–water partition coefficient (Wildman–Crippen LogP) is 2.24. The highest BCUT2D eigenvalue weighted by atomic mass is 16.5. The molecular weight excluding hydrogens is 254 g/mol. The van der Waals surface area contributed by atoms with Gasteiger partial charge in [0.15, 0.2) is 0 Å². The predicted molar refractivity (Wildman–Crippen MR) is 77.1 cm³/mol. The van der Waals surface area contributed by atoms with Crippen molar-refractivity contribution in [2.24, 2.45) is 0 Å².